The van der Waals surface area contributed by atoms with Crippen LogP contribution in [0, 0.1) is 11.8 Å². The van der Waals surface area contributed by atoms with E-state index in [9.17, 15) is 14.7 Å². The monoisotopic (exact) mass is 502 g/mol. The lowest BCUT2D eigenvalue weighted by Gasteiger charge is -2.36. The van der Waals surface area contributed by atoms with Gasteiger partial charge in [0.1, 0.15) is 23.4 Å². The van der Waals surface area contributed by atoms with Crippen LogP contribution in [0.3, 0.4) is 0 Å². The number of aromatic amines is 1. The van der Waals surface area contributed by atoms with Crippen LogP contribution in [0.1, 0.15) is 19.8 Å². The molecule has 5 rings (SSSR count). The summed E-state index contributed by atoms with van der Waals surface area (Å²) in [7, 11) is 0. The first kappa shape index (κ1) is 24.9. The molecule has 2 fully saturated rings. The number of carbonyl (C=O) groups is 2. The average molecular weight is 503 g/mol. The number of rotatable bonds is 5. The van der Waals surface area contributed by atoms with E-state index in [-0.39, 0.29) is 5.78 Å². The van der Waals surface area contributed by atoms with Crippen LogP contribution in [-0.4, -0.2) is 88.2 Å². The average Bonchev–Trinajstić information content (AvgIpc) is 3.35. The molecule has 37 heavy (non-hydrogen) atoms. The molecule has 10 heteroatoms. The first-order valence-corrected chi connectivity index (χ1v) is 12.4. The largest absolute Gasteiger partial charge is 0.380 e. The minimum absolute atomic E-state index is 0.171. The molecule has 0 aliphatic carbocycles. The van der Waals surface area contributed by atoms with E-state index in [1.165, 1.54) is 6.92 Å². The van der Waals surface area contributed by atoms with Gasteiger partial charge in [0.2, 0.25) is 5.78 Å². The summed E-state index contributed by atoms with van der Waals surface area (Å²) >= 11 is 0. The third-order valence-corrected chi connectivity index (χ3v) is 6.84. The van der Waals surface area contributed by atoms with Crippen molar-refractivity contribution in [2.75, 3.05) is 56.2 Å². The number of fused-ring (bicyclic) bond motifs is 1. The molecule has 4 heterocycles. The number of aromatic nitrogens is 3. The quantitative estimate of drug-likeness (QED) is 0.357. The Hall–Kier alpha value is -3.78. The molecule has 0 spiro atoms. The van der Waals surface area contributed by atoms with Crippen molar-refractivity contribution in [1.29, 1.82) is 0 Å². The summed E-state index contributed by atoms with van der Waals surface area (Å²) in [6.07, 6.45) is 2.18. The van der Waals surface area contributed by atoms with Crippen LogP contribution in [0.15, 0.2) is 36.7 Å². The van der Waals surface area contributed by atoms with Crippen LogP contribution < -0.4 is 10.2 Å². The molecular formula is C27H30N6O4. The molecule has 0 saturated carbocycles. The molecule has 192 valence electrons. The Balaban J connectivity index is 1.23. The highest BCUT2D eigenvalue weighted by molar-refractivity contribution is 5.97. The minimum Gasteiger partial charge on any atom is -0.380 e. The van der Waals surface area contributed by atoms with Crippen LogP contribution >= 0.6 is 0 Å². The van der Waals surface area contributed by atoms with Crippen LogP contribution in [0.25, 0.3) is 22.3 Å². The summed E-state index contributed by atoms with van der Waals surface area (Å²) in [5.41, 5.74) is 1.80. The summed E-state index contributed by atoms with van der Waals surface area (Å²) in [6, 6.07) is 9.53. The number of hydrogen-bond acceptors (Lipinski definition) is 8. The lowest BCUT2D eigenvalue weighted by atomic mass is 9.90. The summed E-state index contributed by atoms with van der Waals surface area (Å²) < 4.78 is 5.46. The van der Waals surface area contributed by atoms with Gasteiger partial charge in [0.25, 0.3) is 5.91 Å². The Bertz CT molecular complexity index is 1340. The normalized spacial score (nSPS) is 17.7. The maximum Gasteiger partial charge on any atom is 0.256 e. The molecule has 0 atom stereocenters. The molecule has 0 radical (unpaired) electrons. The number of ether oxygens (including phenoxy) is 1. The number of nitrogens with zero attached hydrogens (tertiary/aromatic N) is 4. The highest BCUT2D eigenvalue weighted by atomic mass is 16.5. The number of carbonyl (C=O) groups excluding carboxylic acids is 2. The van der Waals surface area contributed by atoms with E-state index in [0.717, 1.165) is 41.2 Å². The molecule has 2 saturated heterocycles. The van der Waals surface area contributed by atoms with Crippen LogP contribution in [0.4, 0.5) is 11.5 Å². The number of ketones is 1. The number of morpholine rings is 1. The predicted molar refractivity (Wildman–Crippen MR) is 140 cm³/mol. The SMILES string of the molecule is CC(=O)C#CCN1CCC(O)(C(=O)Nc2ccc(-c3cc4c(N5CCOCC5)ncnc4[nH]3)cc2)CC1. The van der Waals surface area contributed by atoms with Crippen LogP contribution in [-0.2, 0) is 14.3 Å². The number of anilines is 2. The lowest BCUT2D eigenvalue weighted by Crippen LogP contribution is -2.51. The van der Waals surface area contributed by atoms with E-state index in [0.29, 0.717) is 51.4 Å². The third-order valence-electron chi connectivity index (χ3n) is 6.84. The van der Waals surface area contributed by atoms with Gasteiger partial charge in [-0.05, 0) is 42.5 Å². The molecule has 1 amide bonds. The Kier molecular flexibility index (Phi) is 7.19. The highest BCUT2D eigenvalue weighted by Gasteiger charge is 2.39. The smallest absolute Gasteiger partial charge is 0.256 e. The predicted octanol–water partition coefficient (Wildman–Crippen LogP) is 1.82. The van der Waals surface area contributed by atoms with Crippen molar-refractivity contribution < 1.29 is 19.4 Å². The lowest BCUT2D eigenvalue weighted by molar-refractivity contribution is -0.138. The van der Waals surface area contributed by atoms with E-state index in [2.05, 4.69) is 37.0 Å². The summed E-state index contributed by atoms with van der Waals surface area (Å²) in [5, 5.41) is 14.7. The molecule has 10 nitrogen and oxygen atoms in total. The zero-order valence-corrected chi connectivity index (χ0v) is 20.8. The number of likely N-dealkylation sites (tertiary alicyclic amines) is 1. The van der Waals surface area contributed by atoms with Crippen LogP contribution in [0.2, 0.25) is 0 Å². The maximum atomic E-state index is 12.9. The fourth-order valence-electron chi connectivity index (χ4n) is 4.67. The number of amides is 1. The first-order valence-electron chi connectivity index (χ1n) is 12.4. The van der Waals surface area contributed by atoms with Crippen molar-refractivity contribution in [2.24, 2.45) is 0 Å². The Labute approximate surface area is 215 Å². The third kappa shape index (κ3) is 5.64. The van der Waals surface area contributed by atoms with Crippen molar-refractivity contribution in [2.45, 2.75) is 25.4 Å². The maximum absolute atomic E-state index is 12.9. The first-order chi connectivity index (χ1) is 17.9. The topological polar surface area (TPSA) is 124 Å². The van der Waals surface area contributed by atoms with E-state index >= 15 is 0 Å². The van der Waals surface area contributed by atoms with Gasteiger partial charge in [0.05, 0.1) is 25.1 Å². The number of piperidine rings is 1. The van der Waals surface area contributed by atoms with Gasteiger partial charge in [-0.15, -0.1) is 0 Å². The van der Waals surface area contributed by atoms with E-state index < -0.39 is 11.5 Å². The zero-order chi connectivity index (χ0) is 25.8. The fraction of sp³-hybridized carbons (Fsp3) is 0.407. The molecule has 2 aromatic heterocycles. The standard InChI is InChI=1S/C27H30N6O4/c1-19(34)3-2-10-32-11-8-27(36,9-12-32)26(35)30-21-6-4-20(5-7-21)23-17-22-24(31-23)28-18-29-25(22)33-13-15-37-16-14-33/h4-7,17-18,36H,8-16H2,1H3,(H,30,35)(H,28,29,31). The van der Waals surface area contributed by atoms with Gasteiger partial charge in [0.15, 0.2) is 0 Å². The number of benzene rings is 1. The summed E-state index contributed by atoms with van der Waals surface area (Å²) in [5.74, 6) is 5.66. The zero-order valence-electron chi connectivity index (χ0n) is 20.8. The molecule has 2 aliphatic rings. The van der Waals surface area contributed by atoms with Gasteiger partial charge < -0.3 is 25.0 Å². The molecule has 0 bridgehead atoms. The van der Waals surface area contributed by atoms with Crippen molar-refractivity contribution in [3.8, 4) is 23.1 Å². The van der Waals surface area contributed by atoms with Crippen molar-refractivity contribution >= 4 is 34.2 Å². The second kappa shape index (κ2) is 10.7. The number of hydrogen-bond donors (Lipinski definition) is 3. The number of H-pyrrole nitrogens is 1. The van der Waals surface area contributed by atoms with Gasteiger partial charge in [-0.3, -0.25) is 14.5 Å². The Morgan fingerprint density at radius 1 is 1.14 bits per heavy atom. The van der Waals surface area contributed by atoms with Gasteiger partial charge in [-0.2, -0.15) is 0 Å². The van der Waals surface area contributed by atoms with E-state index in [4.69, 9.17) is 4.74 Å². The van der Waals surface area contributed by atoms with E-state index in [1.807, 2.05) is 35.2 Å². The summed E-state index contributed by atoms with van der Waals surface area (Å²) in [4.78, 5) is 40.3. The molecule has 0 unspecified atom stereocenters. The molecule has 3 aromatic rings. The molecule has 1 aromatic carbocycles. The highest BCUT2D eigenvalue weighted by Crippen LogP contribution is 2.30. The van der Waals surface area contributed by atoms with Gasteiger partial charge in [-0.25, -0.2) is 9.97 Å². The minimum atomic E-state index is -1.44. The van der Waals surface area contributed by atoms with E-state index in [1.54, 1.807) is 6.33 Å². The second-order valence-corrected chi connectivity index (χ2v) is 9.44. The van der Waals surface area contributed by atoms with Gasteiger partial charge in [0, 0.05) is 44.5 Å². The van der Waals surface area contributed by atoms with Gasteiger partial charge >= 0.3 is 0 Å². The van der Waals surface area contributed by atoms with Crippen molar-refractivity contribution in [3.63, 3.8) is 0 Å². The van der Waals surface area contributed by atoms with Crippen molar-refractivity contribution in [3.05, 3.63) is 36.7 Å². The molecule has 2 aliphatic heterocycles. The Morgan fingerprint density at radius 2 is 1.86 bits per heavy atom. The molecule has 3 N–H and O–H groups in total. The fourth-order valence-corrected chi connectivity index (χ4v) is 4.67. The Morgan fingerprint density at radius 3 is 2.57 bits per heavy atom. The number of nitrogens with one attached hydrogen (secondary N) is 2. The van der Waals surface area contributed by atoms with Crippen molar-refractivity contribution in [1.82, 2.24) is 19.9 Å². The second-order valence-electron chi connectivity index (χ2n) is 9.44. The van der Waals surface area contributed by atoms with Gasteiger partial charge in [-0.1, -0.05) is 18.1 Å². The number of Topliss-reactive ketones (excluding diaryl/α,β-unsaturated/α-hetero) is 1. The molecular weight excluding hydrogens is 472 g/mol. The number of aliphatic hydroxyl groups is 1. The van der Waals surface area contributed by atoms with Crippen LogP contribution in [0.5, 0.6) is 0 Å². The summed E-state index contributed by atoms with van der Waals surface area (Å²) in [6.45, 7) is 5.88.